The Morgan fingerprint density at radius 3 is 2.68 bits per heavy atom. The molecule has 25 heavy (non-hydrogen) atoms. The predicted molar refractivity (Wildman–Crippen MR) is 93.9 cm³/mol. The van der Waals surface area contributed by atoms with Crippen molar-refractivity contribution in [1.82, 2.24) is 5.32 Å². The van der Waals surface area contributed by atoms with E-state index < -0.39 is 5.92 Å². The smallest absolute Gasteiger partial charge is 0.162 e. The molecule has 0 bridgehead atoms. The fraction of sp³-hybridized carbons (Fsp3) is 0.400. The largest absolute Gasteiger partial charge is 0.504 e. The van der Waals surface area contributed by atoms with Crippen LogP contribution >= 0.6 is 0 Å². The molecule has 0 amide bonds. The second kappa shape index (κ2) is 5.96. The van der Waals surface area contributed by atoms with Gasteiger partial charge in [-0.15, -0.1) is 0 Å². The van der Waals surface area contributed by atoms with Crippen LogP contribution < -0.4 is 10.1 Å². The van der Waals surface area contributed by atoms with Crippen molar-refractivity contribution in [1.29, 1.82) is 5.26 Å². The van der Waals surface area contributed by atoms with Crippen LogP contribution in [-0.4, -0.2) is 18.0 Å². The number of aromatic hydroxyl groups is 1. The lowest BCUT2D eigenvalue weighted by Crippen LogP contribution is -2.36. The molecular weight excluding hydrogens is 316 g/mol. The highest BCUT2D eigenvalue weighted by Crippen LogP contribution is 2.47. The van der Waals surface area contributed by atoms with E-state index in [-0.39, 0.29) is 16.9 Å². The summed E-state index contributed by atoms with van der Waals surface area (Å²) >= 11 is 0. The highest BCUT2D eigenvalue weighted by atomic mass is 16.5. The van der Waals surface area contributed by atoms with Gasteiger partial charge in [0.25, 0.3) is 0 Å². The minimum Gasteiger partial charge on any atom is -0.504 e. The summed E-state index contributed by atoms with van der Waals surface area (Å²) in [7, 11) is 1.48. The fourth-order valence-corrected chi connectivity index (χ4v) is 3.80. The molecule has 0 unspecified atom stereocenters. The molecule has 0 spiro atoms. The number of phenolic OH excluding ortho intramolecular Hbond substituents is 1. The Bertz CT molecular complexity index is 856. The predicted octanol–water partition coefficient (Wildman–Crippen LogP) is 3.53. The third-order valence-corrected chi connectivity index (χ3v) is 4.90. The van der Waals surface area contributed by atoms with Gasteiger partial charge in [0, 0.05) is 23.4 Å². The number of ether oxygens (including phenoxy) is 1. The van der Waals surface area contributed by atoms with Gasteiger partial charge in [0.05, 0.1) is 24.7 Å². The number of hydrogen-bond donors (Lipinski definition) is 2. The molecular formula is C20H22N2O3. The van der Waals surface area contributed by atoms with Crippen LogP contribution in [0.5, 0.6) is 11.5 Å². The number of Topliss-reactive ketones (excluding diaryl/α,β-unsaturated/α-hetero) is 1. The van der Waals surface area contributed by atoms with Crippen LogP contribution in [0.3, 0.4) is 0 Å². The minimum absolute atomic E-state index is 0.000728. The van der Waals surface area contributed by atoms with Crippen LogP contribution in [0, 0.1) is 16.7 Å². The van der Waals surface area contributed by atoms with Crippen molar-refractivity contribution in [3.63, 3.8) is 0 Å². The number of hydrogen-bond acceptors (Lipinski definition) is 5. The lowest BCUT2D eigenvalue weighted by Gasteiger charge is -2.38. The number of carbonyl (C=O) groups excluding carboxylic acids is 1. The van der Waals surface area contributed by atoms with E-state index in [2.05, 4.69) is 25.2 Å². The first-order chi connectivity index (χ1) is 11.8. The van der Waals surface area contributed by atoms with E-state index in [4.69, 9.17) is 4.74 Å². The summed E-state index contributed by atoms with van der Waals surface area (Å²) in [5.74, 6) is -0.0395. The topological polar surface area (TPSA) is 82.3 Å². The highest BCUT2D eigenvalue weighted by Gasteiger charge is 2.41. The van der Waals surface area contributed by atoms with E-state index in [1.807, 2.05) is 6.92 Å². The lowest BCUT2D eigenvalue weighted by atomic mass is 9.69. The number of rotatable bonds is 2. The molecule has 1 aliphatic carbocycles. The minimum atomic E-state index is -0.457. The first-order valence-electron chi connectivity index (χ1n) is 8.28. The van der Waals surface area contributed by atoms with Gasteiger partial charge in [-0.3, -0.25) is 4.79 Å². The average molecular weight is 338 g/mol. The Hall–Kier alpha value is -2.74. The first-order valence-corrected chi connectivity index (χ1v) is 8.28. The normalized spacial score (nSPS) is 22.2. The van der Waals surface area contributed by atoms with Gasteiger partial charge >= 0.3 is 0 Å². The summed E-state index contributed by atoms with van der Waals surface area (Å²) < 4.78 is 5.10. The second-order valence-electron chi connectivity index (χ2n) is 7.47. The van der Waals surface area contributed by atoms with Gasteiger partial charge in [0.1, 0.15) is 0 Å². The summed E-state index contributed by atoms with van der Waals surface area (Å²) in [5.41, 5.74) is 3.41. The zero-order valence-corrected chi connectivity index (χ0v) is 14.9. The number of nitrogens with one attached hydrogen (secondary N) is 1. The number of methoxy groups -OCH3 is 1. The molecule has 1 heterocycles. The molecule has 5 nitrogen and oxygen atoms in total. The van der Waals surface area contributed by atoms with Crippen LogP contribution in [0.1, 0.15) is 45.1 Å². The highest BCUT2D eigenvalue weighted by molar-refractivity contribution is 6.00. The molecule has 3 rings (SSSR count). The van der Waals surface area contributed by atoms with Gasteiger partial charge in [0.15, 0.2) is 17.3 Å². The number of carbonyl (C=O) groups is 1. The zero-order chi connectivity index (χ0) is 18.4. The van der Waals surface area contributed by atoms with Crippen molar-refractivity contribution in [3.8, 4) is 17.6 Å². The average Bonchev–Trinajstić information content (AvgIpc) is 2.52. The van der Waals surface area contributed by atoms with Crippen molar-refractivity contribution < 1.29 is 14.6 Å². The molecule has 1 aromatic rings. The maximum atomic E-state index is 12.9. The summed E-state index contributed by atoms with van der Waals surface area (Å²) in [6, 6.07) is 7.29. The van der Waals surface area contributed by atoms with Gasteiger partial charge in [-0.2, -0.15) is 5.26 Å². The Morgan fingerprint density at radius 1 is 1.36 bits per heavy atom. The van der Waals surface area contributed by atoms with Gasteiger partial charge in [0.2, 0.25) is 0 Å². The standard InChI is InChI=1S/C20H22N2O3/c1-11-13(10-21)18(12-5-6-17(25-4)15(23)7-12)19-14(22-11)8-20(2,3)9-16(19)24/h5-7,18,22-23H,8-9H2,1-4H3/t18-/m1/s1. The van der Waals surface area contributed by atoms with E-state index in [0.29, 0.717) is 23.3 Å². The fourth-order valence-electron chi connectivity index (χ4n) is 3.80. The summed E-state index contributed by atoms with van der Waals surface area (Å²) in [6.07, 6.45) is 1.20. The number of phenols is 1. The van der Waals surface area contributed by atoms with Gasteiger partial charge < -0.3 is 15.2 Å². The van der Waals surface area contributed by atoms with Crippen molar-refractivity contribution in [3.05, 3.63) is 46.3 Å². The number of nitriles is 1. The van der Waals surface area contributed by atoms with E-state index in [0.717, 1.165) is 23.4 Å². The quantitative estimate of drug-likeness (QED) is 0.862. The number of allylic oxidation sites excluding steroid dienone is 4. The summed E-state index contributed by atoms with van der Waals surface area (Å²) in [5, 5.41) is 23.1. The Kier molecular flexibility index (Phi) is 4.08. The molecule has 0 fully saturated rings. The number of dihydropyridines is 1. The Morgan fingerprint density at radius 2 is 2.08 bits per heavy atom. The van der Waals surface area contributed by atoms with Crippen molar-refractivity contribution in [2.75, 3.05) is 7.11 Å². The van der Waals surface area contributed by atoms with Crippen molar-refractivity contribution in [2.45, 2.75) is 39.5 Å². The second-order valence-corrected chi connectivity index (χ2v) is 7.47. The Balaban J connectivity index is 2.18. The zero-order valence-electron chi connectivity index (χ0n) is 14.9. The molecule has 130 valence electrons. The molecule has 0 radical (unpaired) electrons. The molecule has 1 aliphatic heterocycles. The number of ketones is 1. The SMILES string of the molecule is COc1ccc([C@@H]2C(C#N)=C(C)NC3=C2C(=O)CC(C)(C)C3)cc1O. The monoisotopic (exact) mass is 338 g/mol. The maximum absolute atomic E-state index is 12.9. The van der Waals surface area contributed by atoms with Crippen molar-refractivity contribution in [2.24, 2.45) is 5.41 Å². The molecule has 1 atom stereocenters. The van der Waals surface area contributed by atoms with Crippen LogP contribution in [0.4, 0.5) is 0 Å². The molecule has 0 saturated carbocycles. The summed E-state index contributed by atoms with van der Waals surface area (Å²) in [4.78, 5) is 12.9. The molecule has 2 aliphatic rings. The van der Waals surface area contributed by atoms with Crippen LogP contribution in [0.25, 0.3) is 0 Å². The maximum Gasteiger partial charge on any atom is 0.162 e. The summed E-state index contributed by atoms with van der Waals surface area (Å²) in [6.45, 7) is 6.00. The number of benzene rings is 1. The molecule has 1 aromatic carbocycles. The molecule has 2 N–H and O–H groups in total. The van der Waals surface area contributed by atoms with Crippen LogP contribution in [0.15, 0.2) is 40.7 Å². The molecule has 5 heteroatoms. The van der Waals surface area contributed by atoms with E-state index in [9.17, 15) is 15.2 Å². The van der Waals surface area contributed by atoms with E-state index in [1.165, 1.54) is 7.11 Å². The molecule has 0 saturated heterocycles. The third-order valence-electron chi connectivity index (χ3n) is 4.90. The lowest BCUT2D eigenvalue weighted by molar-refractivity contribution is -0.118. The molecule has 0 aromatic heterocycles. The van der Waals surface area contributed by atoms with Crippen molar-refractivity contribution >= 4 is 5.78 Å². The van der Waals surface area contributed by atoms with Crippen LogP contribution in [0.2, 0.25) is 0 Å². The number of nitrogens with zero attached hydrogens (tertiary/aromatic N) is 1. The van der Waals surface area contributed by atoms with Crippen LogP contribution in [-0.2, 0) is 4.79 Å². The first kappa shape index (κ1) is 17.1. The van der Waals surface area contributed by atoms with Gasteiger partial charge in [-0.05, 0) is 36.5 Å². The third kappa shape index (κ3) is 2.89. The Labute approximate surface area is 147 Å². The van der Waals surface area contributed by atoms with Gasteiger partial charge in [-0.1, -0.05) is 19.9 Å². The van der Waals surface area contributed by atoms with Gasteiger partial charge in [-0.25, -0.2) is 0 Å². The van der Waals surface area contributed by atoms with E-state index in [1.54, 1.807) is 18.2 Å². The van der Waals surface area contributed by atoms with E-state index >= 15 is 0 Å².